The number of carbonyl (C=O) groups is 1. The van der Waals surface area contributed by atoms with Crippen molar-refractivity contribution in [2.24, 2.45) is 4.99 Å². The number of aliphatic hydroxyl groups excluding tert-OH is 1. The molecule has 2 N–H and O–H groups in total. The topological polar surface area (TPSA) is 80.2 Å². The highest BCUT2D eigenvalue weighted by Gasteiger charge is 2.36. The van der Waals surface area contributed by atoms with Gasteiger partial charge in [-0.15, -0.1) is 0 Å². The van der Waals surface area contributed by atoms with Crippen LogP contribution in [0.5, 0.6) is 0 Å². The number of hydrogen-bond donors (Lipinski definition) is 2. The van der Waals surface area contributed by atoms with E-state index in [2.05, 4.69) is 17.0 Å². The van der Waals surface area contributed by atoms with E-state index in [1.54, 1.807) is 6.92 Å². The molecule has 1 aromatic carbocycles. The first-order chi connectivity index (χ1) is 15.3. The summed E-state index contributed by atoms with van der Waals surface area (Å²) >= 11 is 5.16. The number of allylic oxidation sites excluding steroid dienone is 1. The molecule has 0 unspecified atom stereocenters. The molecule has 0 fully saturated rings. The molecule has 0 aromatic heterocycles. The standard InChI is InChI=1S/C22H26F4N2O4S/c1-7-17(31-6)19(29)18(27-5)20(33)28-12(3)21(30)32-13(4)11(2)15-9-8-14(23)10-16(15)22(24,25)26/h7-13,29H,5H2,1-4,6H3,(H,28,33)/b17-7+,19-18+/t11-,12+,13+/m1/s1. The molecular formula is C22H26F4N2O4S. The fourth-order valence-electron chi connectivity index (χ4n) is 2.86. The van der Waals surface area contributed by atoms with Gasteiger partial charge >= 0.3 is 12.1 Å². The molecule has 0 aliphatic rings. The Morgan fingerprint density at radius 3 is 2.39 bits per heavy atom. The Bertz CT molecular complexity index is 960. The third-order valence-electron chi connectivity index (χ3n) is 4.83. The Morgan fingerprint density at radius 2 is 1.91 bits per heavy atom. The molecule has 0 saturated carbocycles. The van der Waals surface area contributed by atoms with Crippen LogP contribution in [0.25, 0.3) is 0 Å². The molecule has 0 amide bonds. The van der Waals surface area contributed by atoms with E-state index >= 15 is 0 Å². The fourth-order valence-corrected chi connectivity index (χ4v) is 3.20. The molecule has 33 heavy (non-hydrogen) atoms. The van der Waals surface area contributed by atoms with Crippen LogP contribution in [0.3, 0.4) is 0 Å². The molecule has 0 radical (unpaired) electrons. The third-order valence-corrected chi connectivity index (χ3v) is 5.14. The van der Waals surface area contributed by atoms with Crippen molar-refractivity contribution in [2.75, 3.05) is 7.11 Å². The van der Waals surface area contributed by atoms with Crippen molar-refractivity contribution in [3.63, 3.8) is 0 Å². The van der Waals surface area contributed by atoms with Gasteiger partial charge in [-0.25, -0.2) is 9.18 Å². The maximum Gasteiger partial charge on any atom is 0.416 e. The van der Waals surface area contributed by atoms with Crippen LogP contribution >= 0.6 is 12.2 Å². The summed E-state index contributed by atoms with van der Waals surface area (Å²) in [5.41, 5.74) is -1.47. The molecule has 1 aromatic rings. The van der Waals surface area contributed by atoms with Crippen molar-refractivity contribution >= 4 is 29.9 Å². The number of aliphatic hydroxyl groups is 1. The zero-order valence-electron chi connectivity index (χ0n) is 18.8. The summed E-state index contributed by atoms with van der Waals surface area (Å²) in [5.74, 6) is -3.04. The molecule has 11 heteroatoms. The van der Waals surface area contributed by atoms with Crippen molar-refractivity contribution in [2.45, 2.75) is 51.9 Å². The van der Waals surface area contributed by atoms with E-state index in [4.69, 9.17) is 21.7 Å². The number of carbonyl (C=O) groups excluding carboxylic acids is 1. The van der Waals surface area contributed by atoms with Crippen LogP contribution in [0.1, 0.15) is 44.7 Å². The smallest absolute Gasteiger partial charge is 0.416 e. The second kappa shape index (κ2) is 11.8. The van der Waals surface area contributed by atoms with Gasteiger partial charge in [0.2, 0.25) is 0 Å². The number of benzene rings is 1. The quantitative estimate of drug-likeness (QED) is 0.0942. The lowest BCUT2D eigenvalue weighted by Crippen LogP contribution is -2.41. The van der Waals surface area contributed by atoms with Crippen molar-refractivity contribution in [1.29, 1.82) is 0 Å². The van der Waals surface area contributed by atoms with Crippen molar-refractivity contribution < 1.29 is 36.9 Å². The van der Waals surface area contributed by atoms with Gasteiger partial charge in [-0.2, -0.15) is 13.2 Å². The number of thiocarbonyl (C=S) groups is 1. The number of esters is 1. The van der Waals surface area contributed by atoms with E-state index < -0.39 is 47.3 Å². The molecule has 1 rings (SSSR count). The first-order valence-corrected chi connectivity index (χ1v) is 10.2. The van der Waals surface area contributed by atoms with Crippen LogP contribution in [-0.2, 0) is 20.4 Å². The number of methoxy groups -OCH3 is 1. The second-order valence-corrected chi connectivity index (χ2v) is 7.48. The molecule has 0 aliphatic carbocycles. The van der Waals surface area contributed by atoms with Crippen LogP contribution < -0.4 is 5.32 Å². The van der Waals surface area contributed by atoms with E-state index in [0.717, 1.165) is 12.1 Å². The molecule has 0 heterocycles. The van der Waals surface area contributed by atoms with E-state index in [1.807, 2.05) is 0 Å². The predicted molar refractivity (Wildman–Crippen MR) is 121 cm³/mol. The number of nitrogens with one attached hydrogen (secondary N) is 1. The molecular weight excluding hydrogens is 464 g/mol. The molecule has 182 valence electrons. The van der Waals surface area contributed by atoms with Crippen molar-refractivity contribution in [1.82, 2.24) is 5.32 Å². The summed E-state index contributed by atoms with van der Waals surface area (Å²) < 4.78 is 63.6. The Labute approximate surface area is 195 Å². The van der Waals surface area contributed by atoms with Gasteiger partial charge in [0.1, 0.15) is 28.6 Å². The van der Waals surface area contributed by atoms with Crippen LogP contribution in [0.4, 0.5) is 17.6 Å². The van der Waals surface area contributed by atoms with Crippen LogP contribution in [0, 0.1) is 5.82 Å². The average Bonchev–Trinajstić information content (AvgIpc) is 2.73. The molecule has 0 spiro atoms. The minimum Gasteiger partial charge on any atom is -0.503 e. The number of ether oxygens (including phenoxy) is 2. The summed E-state index contributed by atoms with van der Waals surface area (Å²) in [7, 11) is 1.33. The first kappa shape index (κ1) is 28.1. The van der Waals surface area contributed by atoms with E-state index in [-0.39, 0.29) is 22.0 Å². The summed E-state index contributed by atoms with van der Waals surface area (Å²) in [6.45, 7) is 9.22. The van der Waals surface area contributed by atoms with Gasteiger partial charge in [-0.05, 0) is 51.3 Å². The highest BCUT2D eigenvalue weighted by atomic mass is 32.1. The number of alkyl halides is 3. The van der Waals surface area contributed by atoms with Crippen LogP contribution in [-0.4, -0.2) is 42.0 Å². The monoisotopic (exact) mass is 490 g/mol. The molecule has 0 bridgehead atoms. The van der Waals surface area contributed by atoms with Gasteiger partial charge in [-0.1, -0.05) is 25.2 Å². The minimum absolute atomic E-state index is 0.0824. The normalized spacial score (nSPS) is 15.6. The van der Waals surface area contributed by atoms with Crippen molar-refractivity contribution in [3.8, 4) is 0 Å². The van der Waals surface area contributed by atoms with Gasteiger partial charge in [0.15, 0.2) is 11.5 Å². The van der Waals surface area contributed by atoms with Crippen molar-refractivity contribution in [3.05, 3.63) is 58.4 Å². The van der Waals surface area contributed by atoms with E-state index in [0.29, 0.717) is 6.07 Å². The number of hydrogen-bond acceptors (Lipinski definition) is 6. The summed E-state index contributed by atoms with van der Waals surface area (Å²) in [6, 6.07) is 1.31. The maximum atomic E-state index is 13.4. The summed E-state index contributed by atoms with van der Waals surface area (Å²) in [5, 5.41) is 12.9. The average molecular weight is 491 g/mol. The predicted octanol–water partition coefficient (Wildman–Crippen LogP) is 5.21. The first-order valence-electron chi connectivity index (χ1n) is 9.77. The molecule has 3 atom stereocenters. The summed E-state index contributed by atoms with van der Waals surface area (Å²) in [6.07, 6.45) is -4.28. The number of aliphatic imine (C=N–C) groups is 1. The minimum atomic E-state index is -4.77. The highest BCUT2D eigenvalue weighted by Crippen LogP contribution is 2.37. The number of halogens is 4. The summed E-state index contributed by atoms with van der Waals surface area (Å²) in [4.78, 5) is 16.0. The van der Waals surface area contributed by atoms with Gasteiger partial charge < -0.3 is 19.9 Å². The Kier molecular flexibility index (Phi) is 10.0. The lowest BCUT2D eigenvalue weighted by atomic mass is 9.91. The second-order valence-electron chi connectivity index (χ2n) is 7.07. The maximum absolute atomic E-state index is 13.4. The SMILES string of the molecule is C=N/C(C(=S)N[C@@H](C)C(=O)O[C@@H](C)[C@@H](C)c1ccc(F)cc1C(F)(F)F)=C(O)\C(=C/C)OC. The Hall–Kier alpha value is -2.95. The zero-order valence-corrected chi connectivity index (χ0v) is 19.6. The zero-order chi connectivity index (χ0) is 25.5. The lowest BCUT2D eigenvalue weighted by molar-refractivity contribution is -0.151. The highest BCUT2D eigenvalue weighted by molar-refractivity contribution is 7.80. The van der Waals surface area contributed by atoms with Crippen LogP contribution in [0.15, 0.2) is 46.5 Å². The van der Waals surface area contributed by atoms with Gasteiger partial charge in [0.05, 0.1) is 12.7 Å². The number of nitrogens with zero attached hydrogens (tertiary/aromatic N) is 1. The molecule has 6 nitrogen and oxygen atoms in total. The van der Waals surface area contributed by atoms with Gasteiger partial charge in [-0.3, -0.25) is 4.99 Å². The lowest BCUT2D eigenvalue weighted by Gasteiger charge is -2.25. The van der Waals surface area contributed by atoms with Gasteiger partial charge in [0, 0.05) is 5.92 Å². The molecule has 0 aliphatic heterocycles. The Morgan fingerprint density at radius 1 is 1.30 bits per heavy atom. The van der Waals surface area contributed by atoms with E-state index in [9.17, 15) is 27.5 Å². The van der Waals surface area contributed by atoms with Crippen LogP contribution in [0.2, 0.25) is 0 Å². The Balaban J connectivity index is 2.98. The third kappa shape index (κ3) is 7.28. The fraction of sp³-hybridized carbons (Fsp3) is 0.409. The van der Waals surface area contributed by atoms with E-state index in [1.165, 1.54) is 34.0 Å². The van der Waals surface area contributed by atoms with Gasteiger partial charge in [0.25, 0.3) is 0 Å². The number of rotatable bonds is 9. The molecule has 0 saturated heterocycles. The largest absolute Gasteiger partial charge is 0.503 e.